The Hall–Kier alpha value is -1.85. The highest BCUT2D eigenvalue weighted by molar-refractivity contribution is 5.43. The zero-order valence-electron chi connectivity index (χ0n) is 10.8. The average molecular weight is 281 g/mol. The van der Waals surface area contributed by atoms with E-state index in [2.05, 4.69) is 10.1 Å². The van der Waals surface area contributed by atoms with Crippen LogP contribution in [0.5, 0.6) is 0 Å². The quantitative estimate of drug-likeness (QED) is 0.834. The first-order chi connectivity index (χ1) is 9.57. The van der Waals surface area contributed by atoms with E-state index in [1.807, 2.05) is 0 Å². The molecule has 2 aromatic rings. The molecule has 1 heterocycles. The number of para-hydroxylation sites is 1. The molecule has 1 aromatic heterocycles. The Morgan fingerprint density at radius 3 is 2.50 bits per heavy atom. The van der Waals surface area contributed by atoms with Gasteiger partial charge in [-0.15, -0.1) is 0 Å². The van der Waals surface area contributed by atoms with Crippen LogP contribution >= 0.6 is 0 Å². The molecule has 1 saturated carbocycles. The van der Waals surface area contributed by atoms with E-state index in [9.17, 15) is 13.2 Å². The van der Waals surface area contributed by atoms with Gasteiger partial charge in [0.25, 0.3) is 0 Å². The average Bonchev–Trinajstić information content (AvgIpc) is 3.08. The molecule has 0 amide bonds. The van der Waals surface area contributed by atoms with Crippen LogP contribution in [0.3, 0.4) is 0 Å². The zero-order chi connectivity index (χ0) is 14.2. The summed E-state index contributed by atoms with van der Waals surface area (Å²) in [7, 11) is 0. The van der Waals surface area contributed by atoms with E-state index in [4.69, 9.17) is 0 Å². The van der Waals surface area contributed by atoms with Crippen LogP contribution in [-0.2, 0) is 6.18 Å². The smallest absolute Gasteiger partial charge is 0.219 e. The fourth-order valence-corrected chi connectivity index (χ4v) is 2.80. The van der Waals surface area contributed by atoms with Gasteiger partial charge in [-0.1, -0.05) is 25.0 Å². The maximum Gasteiger partial charge on any atom is 0.418 e. The molecule has 20 heavy (non-hydrogen) atoms. The summed E-state index contributed by atoms with van der Waals surface area (Å²) in [5.74, 6) is 0.845. The van der Waals surface area contributed by atoms with Crippen molar-refractivity contribution in [3.8, 4) is 5.69 Å². The molecule has 0 aliphatic heterocycles. The first-order valence-corrected chi connectivity index (χ1v) is 6.64. The zero-order valence-corrected chi connectivity index (χ0v) is 10.8. The van der Waals surface area contributed by atoms with Gasteiger partial charge in [0.15, 0.2) is 0 Å². The van der Waals surface area contributed by atoms with Gasteiger partial charge in [0.05, 0.1) is 11.3 Å². The van der Waals surface area contributed by atoms with Crippen LogP contribution < -0.4 is 0 Å². The molecule has 1 aliphatic carbocycles. The summed E-state index contributed by atoms with van der Waals surface area (Å²) < 4.78 is 40.6. The third kappa shape index (κ3) is 2.30. The Kier molecular flexibility index (Phi) is 3.23. The lowest BCUT2D eigenvalue weighted by atomic mass is 10.1. The van der Waals surface area contributed by atoms with Crippen LogP contribution in [0, 0.1) is 0 Å². The van der Waals surface area contributed by atoms with Crippen LogP contribution in [-0.4, -0.2) is 14.8 Å². The van der Waals surface area contributed by atoms with Crippen LogP contribution in [0.2, 0.25) is 0 Å². The van der Waals surface area contributed by atoms with Crippen molar-refractivity contribution in [3.63, 3.8) is 0 Å². The minimum absolute atomic E-state index is 0.0550. The highest BCUT2D eigenvalue weighted by Gasteiger charge is 2.35. The van der Waals surface area contributed by atoms with Gasteiger partial charge < -0.3 is 0 Å². The van der Waals surface area contributed by atoms with E-state index in [0.717, 1.165) is 31.7 Å². The molecule has 0 unspecified atom stereocenters. The fraction of sp³-hybridized carbons (Fsp3) is 0.429. The van der Waals surface area contributed by atoms with Gasteiger partial charge >= 0.3 is 6.18 Å². The van der Waals surface area contributed by atoms with Crippen LogP contribution in [0.25, 0.3) is 5.69 Å². The molecule has 106 valence electrons. The molecular weight excluding hydrogens is 267 g/mol. The SMILES string of the molecule is FC(F)(F)c1ccccc1-n1ncnc1C1CCCC1. The summed E-state index contributed by atoms with van der Waals surface area (Å²) in [4.78, 5) is 4.18. The van der Waals surface area contributed by atoms with Crippen molar-refractivity contribution in [1.82, 2.24) is 14.8 Å². The second-order valence-electron chi connectivity index (χ2n) is 5.03. The first kappa shape index (κ1) is 13.1. The van der Waals surface area contributed by atoms with Crippen molar-refractivity contribution in [2.75, 3.05) is 0 Å². The third-order valence-corrected chi connectivity index (χ3v) is 3.73. The Morgan fingerprint density at radius 1 is 1.10 bits per heavy atom. The normalized spacial score (nSPS) is 16.8. The van der Waals surface area contributed by atoms with Crippen molar-refractivity contribution >= 4 is 0 Å². The lowest BCUT2D eigenvalue weighted by molar-refractivity contribution is -0.137. The summed E-state index contributed by atoms with van der Waals surface area (Å²) in [6.45, 7) is 0. The first-order valence-electron chi connectivity index (χ1n) is 6.64. The number of hydrogen-bond donors (Lipinski definition) is 0. The molecule has 0 spiro atoms. The molecule has 1 aliphatic rings. The van der Waals surface area contributed by atoms with Gasteiger partial charge in [0.1, 0.15) is 12.2 Å². The molecule has 0 saturated heterocycles. The van der Waals surface area contributed by atoms with E-state index in [1.165, 1.54) is 23.1 Å². The molecule has 1 fully saturated rings. The Labute approximate surface area is 114 Å². The number of hydrogen-bond acceptors (Lipinski definition) is 2. The highest BCUT2D eigenvalue weighted by Crippen LogP contribution is 2.37. The van der Waals surface area contributed by atoms with E-state index >= 15 is 0 Å². The van der Waals surface area contributed by atoms with Gasteiger partial charge in [-0.3, -0.25) is 0 Å². The van der Waals surface area contributed by atoms with Crippen LogP contribution in [0.15, 0.2) is 30.6 Å². The molecule has 6 heteroatoms. The minimum Gasteiger partial charge on any atom is -0.219 e. The molecule has 3 rings (SSSR count). The lowest BCUT2D eigenvalue weighted by Gasteiger charge is -2.16. The van der Waals surface area contributed by atoms with Crippen molar-refractivity contribution in [3.05, 3.63) is 42.0 Å². The molecule has 1 aromatic carbocycles. The van der Waals surface area contributed by atoms with Gasteiger partial charge in [-0.05, 0) is 25.0 Å². The number of nitrogens with zero attached hydrogens (tertiary/aromatic N) is 3. The standard InChI is InChI=1S/C14H14F3N3/c15-14(16,17)11-7-3-4-8-12(11)20-13(18-9-19-20)10-5-1-2-6-10/h3-4,7-10H,1-2,5-6H2. The second-order valence-corrected chi connectivity index (χ2v) is 5.03. The third-order valence-electron chi connectivity index (χ3n) is 3.73. The van der Waals surface area contributed by atoms with Crippen molar-refractivity contribution in [2.24, 2.45) is 0 Å². The maximum atomic E-state index is 13.1. The van der Waals surface area contributed by atoms with E-state index < -0.39 is 11.7 Å². The number of halogens is 3. The highest BCUT2D eigenvalue weighted by atomic mass is 19.4. The number of aromatic nitrogens is 3. The predicted octanol–water partition coefficient (Wildman–Crippen LogP) is 3.94. The second kappa shape index (κ2) is 4.92. The Morgan fingerprint density at radius 2 is 1.80 bits per heavy atom. The molecule has 0 atom stereocenters. The summed E-state index contributed by atoms with van der Waals surface area (Å²) in [5, 5.41) is 4.01. The molecule has 0 radical (unpaired) electrons. The van der Waals surface area contributed by atoms with Gasteiger partial charge in [-0.2, -0.15) is 18.3 Å². The molecule has 0 N–H and O–H groups in total. The van der Waals surface area contributed by atoms with E-state index in [-0.39, 0.29) is 11.6 Å². The Balaban J connectivity index is 2.08. The molecule has 0 bridgehead atoms. The van der Waals surface area contributed by atoms with Crippen LogP contribution in [0.4, 0.5) is 13.2 Å². The molecular formula is C14H14F3N3. The summed E-state index contributed by atoms with van der Waals surface area (Å²) in [6, 6.07) is 5.49. The number of alkyl halides is 3. The largest absolute Gasteiger partial charge is 0.418 e. The van der Waals surface area contributed by atoms with Crippen molar-refractivity contribution in [1.29, 1.82) is 0 Å². The number of rotatable bonds is 2. The lowest BCUT2D eigenvalue weighted by Crippen LogP contribution is -2.14. The molecule has 3 nitrogen and oxygen atoms in total. The predicted molar refractivity (Wildman–Crippen MR) is 67.6 cm³/mol. The topological polar surface area (TPSA) is 30.7 Å². The summed E-state index contributed by atoms with van der Waals surface area (Å²) >= 11 is 0. The Bertz CT molecular complexity index is 598. The monoisotopic (exact) mass is 281 g/mol. The van der Waals surface area contributed by atoms with Crippen molar-refractivity contribution in [2.45, 2.75) is 37.8 Å². The van der Waals surface area contributed by atoms with E-state index in [0.29, 0.717) is 5.82 Å². The minimum atomic E-state index is -4.39. The van der Waals surface area contributed by atoms with E-state index in [1.54, 1.807) is 6.07 Å². The maximum absolute atomic E-state index is 13.1. The van der Waals surface area contributed by atoms with Gasteiger partial charge in [0, 0.05) is 5.92 Å². The number of benzene rings is 1. The summed E-state index contributed by atoms with van der Waals surface area (Å²) in [5.41, 5.74) is -0.621. The fourth-order valence-electron chi connectivity index (χ4n) is 2.80. The van der Waals surface area contributed by atoms with Crippen LogP contribution in [0.1, 0.15) is 43.0 Å². The van der Waals surface area contributed by atoms with Crippen molar-refractivity contribution < 1.29 is 13.2 Å². The summed E-state index contributed by atoms with van der Waals surface area (Å²) in [6.07, 6.45) is 1.06. The van der Waals surface area contributed by atoms with Gasteiger partial charge in [-0.25, -0.2) is 9.67 Å². The van der Waals surface area contributed by atoms with Gasteiger partial charge in [0.2, 0.25) is 0 Å².